The lowest BCUT2D eigenvalue weighted by molar-refractivity contribution is -0.232. The van der Waals surface area contributed by atoms with E-state index in [9.17, 15) is 4.79 Å². The van der Waals surface area contributed by atoms with Crippen molar-refractivity contribution in [1.29, 1.82) is 0 Å². The summed E-state index contributed by atoms with van der Waals surface area (Å²) in [6, 6.07) is 0. The summed E-state index contributed by atoms with van der Waals surface area (Å²) in [7, 11) is 0. The molecule has 26 heavy (non-hydrogen) atoms. The highest BCUT2D eigenvalue weighted by atomic mass is 16.6. The molecule has 4 bridgehead atoms. The van der Waals surface area contributed by atoms with Crippen LogP contribution in [-0.4, -0.2) is 37.0 Å². The fraction of sp³-hybridized carbons (Fsp3) is 0.864. The van der Waals surface area contributed by atoms with Gasteiger partial charge in [-0.2, -0.15) is 0 Å². The van der Waals surface area contributed by atoms with Gasteiger partial charge in [-0.25, -0.2) is 4.79 Å². The Hall–Kier alpha value is -0.870. The number of ether oxygens (including phenoxy) is 3. The van der Waals surface area contributed by atoms with E-state index < -0.39 is 0 Å². The normalized spacial score (nSPS) is 39.5. The van der Waals surface area contributed by atoms with E-state index in [1.54, 1.807) is 6.92 Å². The van der Waals surface area contributed by atoms with Crippen LogP contribution in [0.1, 0.15) is 71.6 Å². The number of hydrogen-bond acceptors (Lipinski definition) is 4. The molecule has 0 amide bonds. The molecule has 0 aromatic rings. The predicted octanol–water partition coefficient (Wildman–Crippen LogP) is 4.42. The van der Waals surface area contributed by atoms with Crippen LogP contribution < -0.4 is 0 Å². The lowest BCUT2D eigenvalue weighted by atomic mass is 9.52. The van der Waals surface area contributed by atoms with Crippen molar-refractivity contribution in [2.24, 2.45) is 17.3 Å². The van der Waals surface area contributed by atoms with Gasteiger partial charge in [0.1, 0.15) is 5.60 Å². The van der Waals surface area contributed by atoms with Crippen LogP contribution >= 0.6 is 0 Å². The standard InChI is InChI=1S/C22H34O4/c1-16(2)19(23)26-22-11-17-8-18(12-22)10-21(9-17,13-22)25-7-5-4-6-20(3)14-24-15-20/h17-18H,1,4-15H2,2-3H3. The number of esters is 1. The summed E-state index contributed by atoms with van der Waals surface area (Å²) in [6.07, 6.45) is 10.1. The van der Waals surface area contributed by atoms with Crippen LogP contribution in [0, 0.1) is 17.3 Å². The summed E-state index contributed by atoms with van der Waals surface area (Å²) in [5.41, 5.74) is 0.561. The monoisotopic (exact) mass is 362 g/mol. The number of carbonyl (C=O) groups excluding carboxylic acids is 1. The van der Waals surface area contributed by atoms with E-state index in [2.05, 4.69) is 13.5 Å². The fourth-order valence-corrected chi connectivity index (χ4v) is 6.21. The Balaban J connectivity index is 1.32. The van der Waals surface area contributed by atoms with Crippen LogP contribution in [-0.2, 0) is 19.0 Å². The summed E-state index contributed by atoms with van der Waals surface area (Å²) in [5, 5.41) is 0. The Morgan fingerprint density at radius 2 is 1.77 bits per heavy atom. The van der Waals surface area contributed by atoms with Crippen molar-refractivity contribution in [3.8, 4) is 0 Å². The smallest absolute Gasteiger partial charge is 0.333 e. The van der Waals surface area contributed by atoms with Crippen LogP contribution in [0.5, 0.6) is 0 Å². The van der Waals surface area contributed by atoms with Gasteiger partial charge in [0.25, 0.3) is 0 Å². The van der Waals surface area contributed by atoms with E-state index in [0.29, 0.717) is 22.8 Å². The quantitative estimate of drug-likeness (QED) is 0.364. The number of unbranched alkanes of at least 4 members (excludes halogenated alkanes) is 1. The molecule has 4 heteroatoms. The third-order valence-electron chi connectivity index (χ3n) is 7.10. The highest BCUT2D eigenvalue weighted by molar-refractivity contribution is 5.87. The van der Waals surface area contributed by atoms with Crippen molar-refractivity contribution in [2.45, 2.75) is 82.8 Å². The molecule has 4 aliphatic carbocycles. The molecule has 4 nitrogen and oxygen atoms in total. The zero-order valence-corrected chi connectivity index (χ0v) is 16.5. The van der Waals surface area contributed by atoms with Crippen molar-refractivity contribution in [1.82, 2.24) is 0 Å². The van der Waals surface area contributed by atoms with E-state index in [4.69, 9.17) is 14.2 Å². The van der Waals surface area contributed by atoms with E-state index in [0.717, 1.165) is 58.3 Å². The van der Waals surface area contributed by atoms with Gasteiger partial charge in [-0.3, -0.25) is 0 Å². The molecule has 2 atom stereocenters. The molecule has 1 aliphatic heterocycles. The minimum Gasteiger partial charge on any atom is -0.456 e. The zero-order valence-electron chi connectivity index (χ0n) is 16.5. The molecule has 0 aromatic heterocycles. The zero-order chi connectivity index (χ0) is 18.4. The number of carbonyl (C=O) groups is 1. The average molecular weight is 363 g/mol. The Labute approximate surface area is 157 Å². The molecule has 0 spiro atoms. The summed E-state index contributed by atoms with van der Waals surface area (Å²) < 4.78 is 17.9. The van der Waals surface area contributed by atoms with Gasteiger partial charge in [-0.1, -0.05) is 19.9 Å². The summed E-state index contributed by atoms with van der Waals surface area (Å²) in [6.45, 7) is 10.5. The van der Waals surface area contributed by atoms with Crippen molar-refractivity contribution < 1.29 is 19.0 Å². The number of rotatable bonds is 8. The van der Waals surface area contributed by atoms with Crippen molar-refractivity contribution in [2.75, 3.05) is 19.8 Å². The topological polar surface area (TPSA) is 44.8 Å². The molecule has 5 rings (SSSR count). The molecule has 5 aliphatic rings. The van der Waals surface area contributed by atoms with Gasteiger partial charge in [0, 0.05) is 24.0 Å². The maximum atomic E-state index is 12.2. The number of hydrogen-bond donors (Lipinski definition) is 0. The van der Waals surface area contributed by atoms with Gasteiger partial charge >= 0.3 is 5.97 Å². The Morgan fingerprint density at radius 3 is 2.35 bits per heavy atom. The molecule has 2 unspecified atom stereocenters. The Bertz CT molecular complexity index is 563. The van der Waals surface area contributed by atoms with E-state index in [1.807, 2.05) is 0 Å². The molecule has 0 aromatic carbocycles. The highest BCUT2D eigenvalue weighted by Crippen LogP contribution is 2.60. The van der Waals surface area contributed by atoms with Gasteiger partial charge in [0.05, 0.1) is 18.8 Å². The van der Waals surface area contributed by atoms with Crippen molar-refractivity contribution in [3.63, 3.8) is 0 Å². The molecular weight excluding hydrogens is 328 g/mol. The molecule has 146 valence electrons. The van der Waals surface area contributed by atoms with Crippen LogP contribution in [0.15, 0.2) is 12.2 Å². The Morgan fingerprint density at radius 1 is 1.12 bits per heavy atom. The molecule has 5 fully saturated rings. The van der Waals surface area contributed by atoms with Crippen LogP contribution in [0.3, 0.4) is 0 Å². The van der Waals surface area contributed by atoms with Gasteiger partial charge in [0.15, 0.2) is 0 Å². The molecule has 0 N–H and O–H groups in total. The first-order valence-corrected chi connectivity index (χ1v) is 10.4. The van der Waals surface area contributed by atoms with Crippen molar-refractivity contribution >= 4 is 5.97 Å². The van der Waals surface area contributed by atoms with Gasteiger partial charge in [-0.15, -0.1) is 0 Å². The average Bonchev–Trinajstić information content (AvgIpc) is 2.50. The van der Waals surface area contributed by atoms with E-state index in [1.165, 1.54) is 19.3 Å². The second-order valence-corrected chi connectivity index (χ2v) is 10.1. The van der Waals surface area contributed by atoms with Crippen LogP contribution in [0.4, 0.5) is 0 Å². The predicted molar refractivity (Wildman–Crippen MR) is 99.8 cm³/mol. The first-order chi connectivity index (χ1) is 12.3. The third-order valence-corrected chi connectivity index (χ3v) is 7.10. The van der Waals surface area contributed by atoms with Gasteiger partial charge in [0.2, 0.25) is 0 Å². The second-order valence-electron chi connectivity index (χ2n) is 10.1. The first kappa shape index (κ1) is 18.5. The summed E-state index contributed by atoms with van der Waals surface area (Å²) in [4.78, 5) is 12.2. The van der Waals surface area contributed by atoms with Crippen LogP contribution in [0.2, 0.25) is 0 Å². The van der Waals surface area contributed by atoms with Crippen LogP contribution in [0.25, 0.3) is 0 Å². The molecular formula is C22H34O4. The largest absolute Gasteiger partial charge is 0.456 e. The molecule has 0 radical (unpaired) electrons. The lowest BCUT2D eigenvalue weighted by Gasteiger charge is -2.60. The highest BCUT2D eigenvalue weighted by Gasteiger charge is 2.60. The van der Waals surface area contributed by atoms with E-state index in [-0.39, 0.29) is 17.2 Å². The SMILES string of the molecule is C=C(C)C(=O)OC12CC3CC(CC(OCCCCC4(C)COC4)(C3)C1)C2. The summed E-state index contributed by atoms with van der Waals surface area (Å²) >= 11 is 0. The van der Waals surface area contributed by atoms with Gasteiger partial charge < -0.3 is 14.2 Å². The molecule has 1 heterocycles. The molecule has 1 saturated heterocycles. The minimum absolute atomic E-state index is 0.0527. The Kier molecular flexibility index (Phi) is 4.71. The second kappa shape index (κ2) is 6.63. The summed E-state index contributed by atoms with van der Waals surface area (Å²) in [5.74, 6) is 1.08. The van der Waals surface area contributed by atoms with Gasteiger partial charge in [-0.05, 0) is 63.7 Å². The maximum Gasteiger partial charge on any atom is 0.333 e. The van der Waals surface area contributed by atoms with Crippen molar-refractivity contribution in [3.05, 3.63) is 12.2 Å². The van der Waals surface area contributed by atoms with E-state index >= 15 is 0 Å². The minimum atomic E-state index is -0.295. The lowest BCUT2D eigenvalue weighted by Crippen LogP contribution is -2.61. The third kappa shape index (κ3) is 3.60. The maximum absolute atomic E-state index is 12.2. The fourth-order valence-electron chi connectivity index (χ4n) is 6.21. The first-order valence-electron chi connectivity index (χ1n) is 10.4. The molecule has 4 saturated carbocycles.